The largest absolute Gasteiger partial charge is 0.493 e. The van der Waals surface area contributed by atoms with E-state index in [4.69, 9.17) is 9.47 Å². The summed E-state index contributed by atoms with van der Waals surface area (Å²) in [5.41, 5.74) is 1.46. The molecule has 0 amide bonds. The number of ether oxygens (including phenoxy) is 2. The van der Waals surface area contributed by atoms with Gasteiger partial charge in [-0.2, -0.15) is 0 Å². The van der Waals surface area contributed by atoms with Gasteiger partial charge in [-0.1, -0.05) is 60.7 Å². The highest BCUT2D eigenvalue weighted by atomic mass is 16.5. The van der Waals surface area contributed by atoms with Crippen LogP contribution in [0.5, 0.6) is 11.5 Å². The Balaban J connectivity index is 2.22. The second kappa shape index (κ2) is 7.66. The molecule has 3 aromatic carbocycles. The lowest BCUT2D eigenvalue weighted by molar-refractivity contribution is 0.1000. The number of rotatable bonds is 6. The Morgan fingerprint density at radius 3 is 1.69 bits per heavy atom. The fourth-order valence-corrected chi connectivity index (χ4v) is 2.82. The summed E-state index contributed by atoms with van der Waals surface area (Å²) in [6, 6.07) is 20.9. The monoisotopic (exact) mass is 346 g/mol. The standard InChI is InChI=1S/C22H18O4/c1-25-18-14-13-17(20(23)15-9-5-3-6-10-15)19(22(18)26-2)21(24)16-11-7-4-8-12-16/h3-14H,1-2H3. The van der Waals surface area contributed by atoms with Crippen LogP contribution in [0.15, 0.2) is 72.8 Å². The minimum atomic E-state index is -0.291. The van der Waals surface area contributed by atoms with Crippen molar-refractivity contribution in [1.82, 2.24) is 0 Å². The molecule has 130 valence electrons. The third-order valence-corrected chi connectivity index (χ3v) is 4.09. The number of hydrogen-bond donors (Lipinski definition) is 0. The molecule has 0 radical (unpaired) electrons. The molecule has 4 nitrogen and oxygen atoms in total. The second-order valence-electron chi connectivity index (χ2n) is 5.61. The summed E-state index contributed by atoms with van der Waals surface area (Å²) >= 11 is 0. The first-order valence-electron chi connectivity index (χ1n) is 8.12. The topological polar surface area (TPSA) is 52.6 Å². The predicted molar refractivity (Wildman–Crippen MR) is 99.3 cm³/mol. The number of ketones is 2. The molecule has 0 heterocycles. The van der Waals surface area contributed by atoms with Crippen molar-refractivity contribution in [3.05, 3.63) is 95.1 Å². The molecule has 0 bridgehead atoms. The van der Waals surface area contributed by atoms with Gasteiger partial charge in [-0.05, 0) is 12.1 Å². The third-order valence-electron chi connectivity index (χ3n) is 4.09. The molecule has 3 aromatic rings. The Morgan fingerprint density at radius 2 is 1.19 bits per heavy atom. The number of benzene rings is 3. The van der Waals surface area contributed by atoms with E-state index in [1.807, 2.05) is 12.1 Å². The summed E-state index contributed by atoms with van der Waals surface area (Å²) in [5, 5.41) is 0. The smallest absolute Gasteiger partial charge is 0.197 e. The summed E-state index contributed by atoms with van der Waals surface area (Å²) in [6.45, 7) is 0. The maximum atomic E-state index is 13.2. The van der Waals surface area contributed by atoms with Gasteiger partial charge in [-0.25, -0.2) is 0 Å². The van der Waals surface area contributed by atoms with Gasteiger partial charge in [0.05, 0.1) is 19.8 Å². The Bertz CT molecular complexity index is 931. The van der Waals surface area contributed by atoms with Gasteiger partial charge < -0.3 is 9.47 Å². The van der Waals surface area contributed by atoms with Gasteiger partial charge in [0.2, 0.25) is 0 Å². The van der Waals surface area contributed by atoms with Gasteiger partial charge >= 0.3 is 0 Å². The van der Waals surface area contributed by atoms with Crippen molar-refractivity contribution >= 4 is 11.6 Å². The molecule has 0 N–H and O–H groups in total. The molecular formula is C22H18O4. The van der Waals surface area contributed by atoms with E-state index in [0.717, 1.165) is 0 Å². The van der Waals surface area contributed by atoms with Crippen molar-refractivity contribution in [2.45, 2.75) is 0 Å². The zero-order chi connectivity index (χ0) is 18.5. The molecule has 0 spiro atoms. The van der Waals surface area contributed by atoms with Crippen molar-refractivity contribution in [3.8, 4) is 11.5 Å². The quantitative estimate of drug-likeness (QED) is 0.629. The molecule has 0 unspecified atom stereocenters. The second-order valence-corrected chi connectivity index (χ2v) is 5.61. The first kappa shape index (κ1) is 17.4. The Labute approximate surface area is 152 Å². The molecule has 0 saturated carbocycles. The lowest BCUT2D eigenvalue weighted by Gasteiger charge is -2.16. The van der Waals surface area contributed by atoms with Crippen molar-refractivity contribution in [2.75, 3.05) is 14.2 Å². The highest BCUT2D eigenvalue weighted by Crippen LogP contribution is 2.36. The number of carbonyl (C=O) groups is 2. The third kappa shape index (κ3) is 3.22. The predicted octanol–water partition coefficient (Wildman–Crippen LogP) is 4.17. The zero-order valence-corrected chi connectivity index (χ0v) is 14.6. The molecule has 0 aliphatic rings. The molecule has 3 rings (SSSR count). The molecular weight excluding hydrogens is 328 g/mol. The maximum absolute atomic E-state index is 13.2. The normalized spacial score (nSPS) is 10.2. The lowest BCUT2D eigenvalue weighted by atomic mass is 9.92. The van der Waals surface area contributed by atoms with E-state index >= 15 is 0 Å². The van der Waals surface area contributed by atoms with E-state index in [1.54, 1.807) is 60.7 Å². The van der Waals surface area contributed by atoms with Crippen LogP contribution < -0.4 is 9.47 Å². The minimum absolute atomic E-state index is 0.201. The van der Waals surface area contributed by atoms with Crippen molar-refractivity contribution in [1.29, 1.82) is 0 Å². The number of carbonyl (C=O) groups excluding carboxylic acids is 2. The van der Waals surface area contributed by atoms with E-state index < -0.39 is 0 Å². The summed E-state index contributed by atoms with van der Waals surface area (Å²) in [4.78, 5) is 26.2. The van der Waals surface area contributed by atoms with Crippen LogP contribution in [-0.4, -0.2) is 25.8 Å². The lowest BCUT2D eigenvalue weighted by Crippen LogP contribution is -2.13. The summed E-state index contributed by atoms with van der Waals surface area (Å²) in [7, 11) is 2.95. The Kier molecular flexibility index (Phi) is 5.13. The van der Waals surface area contributed by atoms with Crippen molar-refractivity contribution in [3.63, 3.8) is 0 Å². The fraction of sp³-hybridized carbons (Fsp3) is 0.0909. The highest BCUT2D eigenvalue weighted by Gasteiger charge is 2.26. The van der Waals surface area contributed by atoms with Crippen molar-refractivity contribution in [2.24, 2.45) is 0 Å². The van der Waals surface area contributed by atoms with Crippen LogP contribution in [-0.2, 0) is 0 Å². The Hall–Kier alpha value is -3.40. The van der Waals surface area contributed by atoms with Gasteiger partial charge in [0, 0.05) is 16.7 Å². The first-order chi connectivity index (χ1) is 12.7. The maximum Gasteiger partial charge on any atom is 0.197 e. The molecule has 0 aliphatic heterocycles. The van der Waals surface area contributed by atoms with Crippen LogP contribution in [0.3, 0.4) is 0 Å². The number of methoxy groups -OCH3 is 2. The van der Waals surface area contributed by atoms with Crippen LogP contribution in [0.4, 0.5) is 0 Å². The Morgan fingerprint density at radius 1 is 0.654 bits per heavy atom. The number of hydrogen-bond acceptors (Lipinski definition) is 4. The molecule has 4 heteroatoms. The van der Waals surface area contributed by atoms with E-state index in [9.17, 15) is 9.59 Å². The average molecular weight is 346 g/mol. The molecule has 0 aliphatic carbocycles. The van der Waals surface area contributed by atoms with Crippen LogP contribution >= 0.6 is 0 Å². The van der Waals surface area contributed by atoms with Gasteiger partial charge in [-0.3, -0.25) is 9.59 Å². The van der Waals surface area contributed by atoms with Crippen LogP contribution in [0.25, 0.3) is 0 Å². The molecule has 0 atom stereocenters. The highest BCUT2D eigenvalue weighted by molar-refractivity contribution is 6.21. The van der Waals surface area contributed by atoms with Gasteiger partial charge in [0.25, 0.3) is 0 Å². The van der Waals surface area contributed by atoms with Gasteiger partial charge in [-0.15, -0.1) is 0 Å². The van der Waals surface area contributed by atoms with Crippen LogP contribution in [0.2, 0.25) is 0 Å². The minimum Gasteiger partial charge on any atom is -0.493 e. The molecule has 26 heavy (non-hydrogen) atoms. The van der Waals surface area contributed by atoms with Crippen LogP contribution in [0, 0.1) is 0 Å². The molecule has 0 aromatic heterocycles. The van der Waals surface area contributed by atoms with E-state index in [0.29, 0.717) is 16.9 Å². The van der Waals surface area contributed by atoms with Crippen molar-refractivity contribution < 1.29 is 19.1 Å². The molecule has 0 fully saturated rings. The average Bonchev–Trinajstić information content (AvgIpc) is 2.72. The van der Waals surface area contributed by atoms with E-state index in [-0.39, 0.29) is 28.4 Å². The van der Waals surface area contributed by atoms with Crippen LogP contribution in [0.1, 0.15) is 31.8 Å². The summed E-state index contributed by atoms with van der Waals surface area (Å²) in [6.07, 6.45) is 0. The SMILES string of the molecule is COc1ccc(C(=O)c2ccccc2)c(C(=O)c2ccccc2)c1OC. The summed E-state index contributed by atoms with van der Waals surface area (Å²) < 4.78 is 10.8. The van der Waals surface area contributed by atoms with Gasteiger partial charge in [0.1, 0.15) is 0 Å². The fourth-order valence-electron chi connectivity index (χ4n) is 2.82. The van der Waals surface area contributed by atoms with Gasteiger partial charge in [0.15, 0.2) is 23.1 Å². The van der Waals surface area contributed by atoms with E-state index in [2.05, 4.69) is 0 Å². The molecule has 0 saturated heterocycles. The summed E-state index contributed by atoms with van der Waals surface area (Å²) in [5.74, 6) is 0.117. The zero-order valence-electron chi connectivity index (χ0n) is 14.6. The first-order valence-corrected chi connectivity index (χ1v) is 8.12. The van der Waals surface area contributed by atoms with E-state index in [1.165, 1.54) is 14.2 Å².